The number of primary amides is 1. The van der Waals surface area contributed by atoms with Crippen LogP contribution in [0.5, 0.6) is 0 Å². The maximum absolute atomic E-state index is 15.0. The van der Waals surface area contributed by atoms with Crippen LogP contribution in [0.15, 0.2) is 42.5 Å². The number of hydrogen-bond donors (Lipinski definition) is 5. The Morgan fingerprint density at radius 1 is 1.20 bits per heavy atom. The monoisotopic (exact) mass is 638 g/mol. The number of benzene rings is 2. The molecule has 1 heterocycles. The number of carbonyl (C=O) groups excluding carboxylic acids is 2. The summed E-state index contributed by atoms with van der Waals surface area (Å²) in [5.41, 5.74) is 6.33. The Labute approximate surface area is 264 Å². The number of rotatable bonds is 16. The van der Waals surface area contributed by atoms with Crippen LogP contribution in [0.4, 0.5) is 19.3 Å². The molecule has 12 heteroatoms. The molecule has 0 aliphatic carbocycles. The van der Waals surface area contributed by atoms with Gasteiger partial charge in [-0.1, -0.05) is 37.1 Å². The van der Waals surface area contributed by atoms with Crippen LogP contribution in [0.3, 0.4) is 0 Å². The van der Waals surface area contributed by atoms with E-state index < -0.39 is 6.09 Å². The normalized spacial score (nSPS) is 17.6. The third-order valence-corrected chi connectivity index (χ3v) is 8.48. The summed E-state index contributed by atoms with van der Waals surface area (Å²) in [6.07, 6.45) is 3.41. The first-order valence-electron chi connectivity index (χ1n) is 15.1. The maximum atomic E-state index is 15.0. The minimum Gasteiger partial charge on any atom is -0.453 e. The Kier molecular flexibility index (Phi) is 17.9. The molecule has 0 spiro atoms. The predicted octanol–water partition coefficient (Wildman–Crippen LogP) is 5.13. The van der Waals surface area contributed by atoms with E-state index in [2.05, 4.69) is 32.7 Å². The summed E-state index contributed by atoms with van der Waals surface area (Å²) in [5.74, 6) is 0.279. The summed E-state index contributed by atoms with van der Waals surface area (Å²) < 4.78 is 41.7. The van der Waals surface area contributed by atoms with Crippen LogP contribution in [-0.2, 0) is 20.7 Å². The molecule has 2 aromatic carbocycles. The van der Waals surface area contributed by atoms with E-state index in [1.165, 1.54) is 25.3 Å². The van der Waals surface area contributed by atoms with Gasteiger partial charge in [-0.2, -0.15) is 0 Å². The van der Waals surface area contributed by atoms with E-state index in [0.29, 0.717) is 43.8 Å². The number of aliphatic hydroxyl groups is 1. The van der Waals surface area contributed by atoms with Crippen LogP contribution in [0.2, 0.25) is 0 Å². The number of ether oxygens (including phenoxy) is 2. The van der Waals surface area contributed by atoms with E-state index in [4.69, 9.17) is 9.84 Å². The van der Waals surface area contributed by atoms with Gasteiger partial charge < -0.3 is 30.9 Å². The molecular formula is C32H48F2N4O5S. The molecule has 1 aliphatic rings. The SMILES string of the molecule is CCCSNC(CCc1c(F)cccc1NC(=O)CC(c1ccc(F)cc1)C1CCOC(C)C1)CNCCO.COC(N)=O. The number of hydrogen-bond acceptors (Lipinski definition) is 8. The molecule has 1 aliphatic heterocycles. The first-order valence-corrected chi connectivity index (χ1v) is 16.1. The molecule has 6 N–H and O–H groups in total. The van der Waals surface area contributed by atoms with Crippen molar-refractivity contribution in [2.75, 3.05) is 44.5 Å². The zero-order chi connectivity index (χ0) is 32.3. The predicted molar refractivity (Wildman–Crippen MR) is 171 cm³/mol. The maximum Gasteiger partial charge on any atom is 0.404 e. The molecule has 1 saturated heterocycles. The number of nitrogens with two attached hydrogens (primary N) is 1. The molecule has 3 rings (SSSR count). The fourth-order valence-electron chi connectivity index (χ4n) is 5.15. The van der Waals surface area contributed by atoms with E-state index >= 15 is 0 Å². The van der Waals surface area contributed by atoms with Crippen LogP contribution in [0.25, 0.3) is 0 Å². The molecule has 4 atom stereocenters. The van der Waals surface area contributed by atoms with Crippen LogP contribution < -0.4 is 21.1 Å². The molecule has 2 amide bonds. The van der Waals surface area contributed by atoms with Gasteiger partial charge in [0.25, 0.3) is 0 Å². The van der Waals surface area contributed by atoms with Gasteiger partial charge in [0.05, 0.1) is 19.8 Å². The van der Waals surface area contributed by atoms with Gasteiger partial charge in [0.1, 0.15) is 11.6 Å². The van der Waals surface area contributed by atoms with Crippen molar-refractivity contribution >= 4 is 29.6 Å². The van der Waals surface area contributed by atoms with Gasteiger partial charge in [-0.3, -0.25) is 9.52 Å². The highest BCUT2D eigenvalue weighted by molar-refractivity contribution is 7.97. The number of aliphatic hydroxyl groups excluding tert-OH is 1. The summed E-state index contributed by atoms with van der Waals surface area (Å²) in [7, 11) is 1.22. The molecule has 9 nitrogen and oxygen atoms in total. The van der Waals surface area contributed by atoms with Gasteiger partial charge in [-0.25, -0.2) is 13.6 Å². The minimum absolute atomic E-state index is 0.0595. The van der Waals surface area contributed by atoms with Crippen molar-refractivity contribution in [2.45, 2.75) is 70.4 Å². The van der Waals surface area contributed by atoms with Crippen molar-refractivity contribution in [3.63, 3.8) is 0 Å². The standard InChI is InChI=1S/C30H43F2N3O3S.C2H5NO2/c1-3-17-39-35-25(20-33-14-15-36)11-12-26-28(32)5-4-6-29(26)34-30(37)19-27(22-7-9-24(31)10-8-22)23-13-16-38-21(2)18-23;1-5-2(3)4/h4-10,21,23,25,27,33,35-36H,3,11-20H2,1-2H3,(H,34,37);1H3,(H2,3,4). The van der Waals surface area contributed by atoms with Crippen molar-refractivity contribution in [3.05, 3.63) is 65.2 Å². The largest absolute Gasteiger partial charge is 0.453 e. The first-order chi connectivity index (χ1) is 21.2. The van der Waals surface area contributed by atoms with Gasteiger partial charge in [0.15, 0.2) is 0 Å². The van der Waals surface area contributed by atoms with E-state index in [0.717, 1.165) is 30.6 Å². The summed E-state index contributed by atoms with van der Waals surface area (Å²) in [6.45, 7) is 6.00. The van der Waals surface area contributed by atoms with E-state index in [-0.39, 0.29) is 54.6 Å². The van der Waals surface area contributed by atoms with Crippen LogP contribution >= 0.6 is 11.9 Å². The molecule has 1 fully saturated rings. The van der Waals surface area contributed by atoms with Gasteiger partial charge in [-0.15, -0.1) is 0 Å². The number of methoxy groups -OCH3 is 1. The molecule has 4 unspecified atom stereocenters. The molecule has 44 heavy (non-hydrogen) atoms. The second kappa shape index (κ2) is 21.1. The van der Waals surface area contributed by atoms with Gasteiger partial charge >= 0.3 is 6.09 Å². The van der Waals surface area contributed by atoms with E-state index in [9.17, 15) is 18.4 Å². The van der Waals surface area contributed by atoms with Crippen molar-refractivity contribution in [1.29, 1.82) is 0 Å². The third-order valence-electron chi connectivity index (χ3n) is 7.37. The van der Waals surface area contributed by atoms with Gasteiger partial charge in [-0.05, 0) is 80.7 Å². The lowest BCUT2D eigenvalue weighted by atomic mass is 9.77. The Morgan fingerprint density at radius 3 is 2.57 bits per heavy atom. The second-order valence-electron chi connectivity index (χ2n) is 10.8. The Balaban J connectivity index is 0.00000125. The topological polar surface area (TPSA) is 135 Å². The summed E-state index contributed by atoms with van der Waals surface area (Å²) >= 11 is 1.64. The molecule has 0 saturated carbocycles. The Hall–Kier alpha value is -2.77. The van der Waals surface area contributed by atoms with Crippen LogP contribution in [0.1, 0.15) is 63.0 Å². The highest BCUT2D eigenvalue weighted by Crippen LogP contribution is 2.37. The van der Waals surface area contributed by atoms with Crippen molar-refractivity contribution in [2.24, 2.45) is 11.7 Å². The molecule has 0 bridgehead atoms. The average molecular weight is 639 g/mol. The number of carbonyl (C=O) groups is 2. The Morgan fingerprint density at radius 2 is 1.93 bits per heavy atom. The van der Waals surface area contributed by atoms with Gasteiger partial charge in [0.2, 0.25) is 5.91 Å². The van der Waals surface area contributed by atoms with Crippen molar-refractivity contribution in [3.8, 4) is 0 Å². The lowest BCUT2D eigenvalue weighted by molar-refractivity contribution is -0.117. The van der Waals surface area contributed by atoms with E-state index in [1.54, 1.807) is 36.2 Å². The molecule has 0 radical (unpaired) electrons. The zero-order valence-corrected chi connectivity index (χ0v) is 26.8. The number of halogens is 2. The van der Waals surface area contributed by atoms with Gasteiger partial charge in [0, 0.05) is 49.2 Å². The quantitative estimate of drug-likeness (QED) is 0.126. The highest BCUT2D eigenvalue weighted by atomic mass is 32.2. The van der Waals surface area contributed by atoms with Crippen molar-refractivity contribution in [1.82, 2.24) is 10.0 Å². The summed E-state index contributed by atoms with van der Waals surface area (Å²) in [5, 5.41) is 15.3. The second-order valence-corrected chi connectivity index (χ2v) is 11.7. The lowest BCUT2D eigenvalue weighted by Gasteiger charge is -2.33. The summed E-state index contributed by atoms with van der Waals surface area (Å²) in [4.78, 5) is 22.7. The zero-order valence-electron chi connectivity index (χ0n) is 26.0. The molecular weight excluding hydrogens is 590 g/mol. The van der Waals surface area contributed by atoms with Crippen molar-refractivity contribution < 1.29 is 33.0 Å². The fourth-order valence-corrected chi connectivity index (χ4v) is 5.91. The fraction of sp³-hybridized carbons (Fsp3) is 0.562. The molecule has 0 aromatic heterocycles. The van der Waals surface area contributed by atoms with E-state index in [1.807, 2.05) is 6.92 Å². The number of nitrogens with one attached hydrogen (secondary N) is 3. The smallest absolute Gasteiger partial charge is 0.404 e. The number of anilines is 1. The Bertz CT molecular complexity index is 1120. The molecule has 246 valence electrons. The van der Waals surface area contributed by atoms with Crippen LogP contribution in [-0.4, -0.2) is 68.4 Å². The molecule has 2 aromatic rings. The minimum atomic E-state index is -0.745. The summed E-state index contributed by atoms with van der Waals surface area (Å²) in [6, 6.07) is 11.3. The third kappa shape index (κ3) is 13.9. The first kappa shape index (κ1) is 37.4. The average Bonchev–Trinajstić information content (AvgIpc) is 3.00. The lowest BCUT2D eigenvalue weighted by Crippen LogP contribution is -2.37. The van der Waals surface area contributed by atoms with Crippen LogP contribution in [0, 0.1) is 17.6 Å². The number of amides is 2. The highest BCUT2D eigenvalue weighted by Gasteiger charge is 2.30.